The lowest BCUT2D eigenvalue weighted by Crippen LogP contribution is -2.25. The maximum absolute atomic E-state index is 13.0. The second-order valence-corrected chi connectivity index (χ2v) is 7.27. The van der Waals surface area contributed by atoms with Crippen molar-refractivity contribution in [3.8, 4) is 5.75 Å². The maximum atomic E-state index is 13.0. The molecule has 11 heteroatoms. The first kappa shape index (κ1) is 22.7. The number of anilines is 1. The van der Waals surface area contributed by atoms with E-state index >= 15 is 0 Å². The van der Waals surface area contributed by atoms with Crippen LogP contribution in [0, 0.1) is 6.92 Å². The molecule has 0 aliphatic heterocycles. The van der Waals surface area contributed by atoms with Gasteiger partial charge in [0.1, 0.15) is 11.8 Å². The molecular formula is C20H21ClF3N5O2. The molecule has 0 aliphatic carbocycles. The average molecular weight is 456 g/mol. The van der Waals surface area contributed by atoms with Gasteiger partial charge in [0.2, 0.25) is 5.91 Å². The summed E-state index contributed by atoms with van der Waals surface area (Å²) in [6.45, 7) is 4.99. The highest BCUT2D eigenvalue weighted by Gasteiger charge is 2.39. The van der Waals surface area contributed by atoms with Crippen LogP contribution >= 0.6 is 11.6 Å². The van der Waals surface area contributed by atoms with E-state index < -0.39 is 28.8 Å². The van der Waals surface area contributed by atoms with E-state index in [9.17, 15) is 18.0 Å². The van der Waals surface area contributed by atoms with Crippen LogP contribution in [0.4, 0.5) is 18.9 Å². The first-order chi connectivity index (χ1) is 14.6. The van der Waals surface area contributed by atoms with Crippen molar-refractivity contribution < 1.29 is 22.7 Å². The fraction of sp³-hybridized carbons (Fsp3) is 0.350. The first-order valence-corrected chi connectivity index (χ1v) is 9.84. The smallest absolute Gasteiger partial charge is 0.436 e. The minimum Gasteiger partial charge on any atom is -0.471 e. The lowest BCUT2D eigenvalue weighted by molar-refractivity contribution is -0.141. The molecular weight excluding hydrogens is 435 g/mol. The van der Waals surface area contributed by atoms with E-state index in [1.807, 2.05) is 24.3 Å². The predicted octanol–water partition coefficient (Wildman–Crippen LogP) is 4.86. The van der Waals surface area contributed by atoms with E-state index in [1.54, 1.807) is 6.20 Å². The van der Waals surface area contributed by atoms with Crippen LogP contribution in [0.25, 0.3) is 0 Å². The summed E-state index contributed by atoms with van der Waals surface area (Å²) in [6.07, 6.45) is -0.808. The molecule has 166 valence electrons. The Labute approximate surface area is 181 Å². The molecule has 0 spiro atoms. The normalized spacial score (nSPS) is 12.6. The second-order valence-electron chi connectivity index (χ2n) is 6.89. The summed E-state index contributed by atoms with van der Waals surface area (Å²) in [5, 5.41) is 9.67. The van der Waals surface area contributed by atoms with E-state index in [-0.39, 0.29) is 12.4 Å². The molecule has 7 nitrogen and oxygen atoms in total. The Morgan fingerprint density at radius 1 is 1.29 bits per heavy atom. The number of nitrogens with zero attached hydrogens (tertiary/aromatic N) is 4. The van der Waals surface area contributed by atoms with Crippen LogP contribution in [0.3, 0.4) is 0 Å². The van der Waals surface area contributed by atoms with Gasteiger partial charge in [-0.3, -0.25) is 9.48 Å². The third-order valence-corrected chi connectivity index (χ3v) is 5.14. The summed E-state index contributed by atoms with van der Waals surface area (Å²) >= 11 is 5.75. The molecule has 1 atom stereocenters. The number of benzene rings is 1. The Hall–Kier alpha value is -3.01. The zero-order valence-electron chi connectivity index (χ0n) is 17.1. The molecule has 0 radical (unpaired) electrons. The van der Waals surface area contributed by atoms with Crippen molar-refractivity contribution in [1.82, 2.24) is 19.6 Å². The molecule has 3 rings (SSSR count). The zero-order chi connectivity index (χ0) is 22.8. The van der Waals surface area contributed by atoms with Crippen molar-refractivity contribution in [3.63, 3.8) is 0 Å². The van der Waals surface area contributed by atoms with Gasteiger partial charge in [-0.05, 0) is 38.0 Å². The summed E-state index contributed by atoms with van der Waals surface area (Å²) < 4.78 is 47.1. The van der Waals surface area contributed by atoms with Crippen molar-refractivity contribution in [2.45, 2.75) is 46.1 Å². The second kappa shape index (κ2) is 9.01. The number of nitrogens with one attached hydrogen (secondary N) is 1. The number of hydrogen-bond acceptors (Lipinski definition) is 4. The molecule has 2 aromatic heterocycles. The molecule has 0 aliphatic rings. The van der Waals surface area contributed by atoms with Gasteiger partial charge in [0.25, 0.3) is 0 Å². The molecule has 1 unspecified atom stereocenters. The number of amides is 1. The van der Waals surface area contributed by atoms with Gasteiger partial charge in [0.05, 0.1) is 28.8 Å². The highest BCUT2D eigenvalue weighted by Crippen LogP contribution is 2.36. The van der Waals surface area contributed by atoms with Crippen molar-refractivity contribution in [2.75, 3.05) is 5.32 Å². The number of aryl methyl sites for hydroxylation is 1. The first-order valence-electron chi connectivity index (χ1n) is 9.47. The van der Waals surface area contributed by atoms with Gasteiger partial charge in [-0.15, -0.1) is 0 Å². The lowest BCUT2D eigenvalue weighted by Gasteiger charge is -2.13. The molecule has 1 amide bonds. The third-order valence-electron chi connectivity index (χ3n) is 4.69. The number of rotatable bonds is 7. The summed E-state index contributed by atoms with van der Waals surface area (Å²) in [4.78, 5) is 12.5. The standard InChI is InChI=1S/C20H21ClF3N5O2/c1-4-14-5-7-16(8-6-14)31-11-28-10-15(9-25-28)26-19(30)13(3)29-12(2)17(21)18(27-29)20(22,23)24/h5-10,13H,4,11H2,1-3H3,(H,26,30). The summed E-state index contributed by atoms with van der Waals surface area (Å²) in [5.74, 6) is 0.116. The number of ether oxygens (including phenoxy) is 1. The van der Waals surface area contributed by atoms with E-state index in [1.165, 1.54) is 30.3 Å². The largest absolute Gasteiger partial charge is 0.471 e. The average Bonchev–Trinajstić information content (AvgIpc) is 3.30. The molecule has 1 N–H and O–H groups in total. The number of halogens is 4. The Morgan fingerprint density at radius 3 is 2.55 bits per heavy atom. The van der Waals surface area contributed by atoms with Crippen LogP contribution in [-0.4, -0.2) is 25.5 Å². The Balaban J connectivity index is 1.63. The fourth-order valence-corrected chi connectivity index (χ4v) is 3.11. The number of aromatic nitrogens is 4. The van der Waals surface area contributed by atoms with E-state index in [0.29, 0.717) is 11.4 Å². The van der Waals surface area contributed by atoms with Gasteiger partial charge in [-0.2, -0.15) is 23.4 Å². The summed E-state index contributed by atoms with van der Waals surface area (Å²) in [6, 6.07) is 6.64. The van der Waals surface area contributed by atoms with Crippen LogP contribution in [0.15, 0.2) is 36.7 Å². The number of alkyl halides is 3. The van der Waals surface area contributed by atoms with Crippen LogP contribution < -0.4 is 10.1 Å². The zero-order valence-corrected chi connectivity index (χ0v) is 17.8. The summed E-state index contributed by atoms with van der Waals surface area (Å²) in [5.41, 5.74) is 0.397. The van der Waals surface area contributed by atoms with E-state index in [2.05, 4.69) is 22.4 Å². The van der Waals surface area contributed by atoms with Gasteiger partial charge in [0, 0.05) is 0 Å². The topological polar surface area (TPSA) is 74.0 Å². The van der Waals surface area contributed by atoms with Crippen LogP contribution in [0.2, 0.25) is 5.02 Å². The monoisotopic (exact) mass is 455 g/mol. The number of hydrogen-bond donors (Lipinski definition) is 1. The molecule has 0 bridgehead atoms. The van der Waals surface area contributed by atoms with Gasteiger partial charge in [-0.25, -0.2) is 4.68 Å². The third kappa shape index (κ3) is 5.19. The highest BCUT2D eigenvalue weighted by atomic mass is 35.5. The summed E-state index contributed by atoms with van der Waals surface area (Å²) in [7, 11) is 0. The van der Waals surface area contributed by atoms with E-state index in [4.69, 9.17) is 16.3 Å². The molecule has 0 fully saturated rings. The Morgan fingerprint density at radius 2 is 1.97 bits per heavy atom. The van der Waals surface area contributed by atoms with Gasteiger partial charge in [0.15, 0.2) is 12.4 Å². The Bertz CT molecular complexity index is 1060. The van der Waals surface area contributed by atoms with Crippen molar-refractivity contribution >= 4 is 23.2 Å². The van der Waals surface area contributed by atoms with Crippen LogP contribution in [0.1, 0.15) is 36.8 Å². The van der Waals surface area contributed by atoms with Crippen molar-refractivity contribution in [1.29, 1.82) is 0 Å². The van der Waals surface area contributed by atoms with Crippen LogP contribution in [-0.2, 0) is 24.1 Å². The Kier molecular flexibility index (Phi) is 6.59. The predicted molar refractivity (Wildman–Crippen MR) is 109 cm³/mol. The minimum atomic E-state index is -4.71. The van der Waals surface area contributed by atoms with Crippen molar-refractivity contribution in [3.05, 3.63) is 58.6 Å². The minimum absolute atomic E-state index is 0.0508. The highest BCUT2D eigenvalue weighted by molar-refractivity contribution is 6.32. The van der Waals surface area contributed by atoms with Gasteiger partial charge < -0.3 is 10.1 Å². The molecule has 0 saturated carbocycles. The lowest BCUT2D eigenvalue weighted by atomic mass is 10.2. The number of carbonyl (C=O) groups is 1. The molecule has 1 aromatic carbocycles. The molecule has 2 heterocycles. The molecule has 0 saturated heterocycles. The maximum Gasteiger partial charge on any atom is 0.436 e. The van der Waals surface area contributed by atoms with Gasteiger partial charge >= 0.3 is 6.18 Å². The van der Waals surface area contributed by atoms with Gasteiger partial charge in [-0.1, -0.05) is 30.7 Å². The molecule has 3 aromatic rings. The quantitative estimate of drug-likeness (QED) is 0.552. The van der Waals surface area contributed by atoms with E-state index in [0.717, 1.165) is 11.1 Å². The number of carbonyl (C=O) groups excluding carboxylic acids is 1. The SMILES string of the molecule is CCc1ccc(OCn2cc(NC(=O)C(C)n3nc(C(F)(F)F)c(Cl)c3C)cn2)cc1. The van der Waals surface area contributed by atoms with Crippen LogP contribution in [0.5, 0.6) is 5.75 Å². The van der Waals surface area contributed by atoms with Crippen molar-refractivity contribution in [2.24, 2.45) is 0 Å². The fourth-order valence-electron chi connectivity index (χ4n) is 2.88. The molecule has 31 heavy (non-hydrogen) atoms.